The lowest BCUT2D eigenvalue weighted by atomic mass is 10.3. The summed E-state index contributed by atoms with van der Waals surface area (Å²) >= 11 is 12.1. The van der Waals surface area contributed by atoms with Crippen molar-refractivity contribution >= 4 is 51.7 Å². The molecule has 28 heavy (non-hydrogen) atoms. The molecule has 0 aliphatic heterocycles. The first-order valence-electron chi connectivity index (χ1n) is 8.29. The molecule has 0 fully saturated rings. The Bertz CT molecular complexity index is 1090. The van der Waals surface area contributed by atoms with Gasteiger partial charge in [0.2, 0.25) is 11.8 Å². The van der Waals surface area contributed by atoms with Crippen molar-refractivity contribution in [3.63, 3.8) is 0 Å². The predicted octanol–water partition coefficient (Wildman–Crippen LogP) is 2.80. The van der Waals surface area contributed by atoms with E-state index in [0.29, 0.717) is 21.1 Å². The fraction of sp³-hybridized carbons (Fsp3) is 0.158. The van der Waals surface area contributed by atoms with Crippen molar-refractivity contribution in [1.82, 2.24) is 14.5 Å². The number of amides is 2. The summed E-state index contributed by atoms with van der Waals surface area (Å²) in [5.74, 6) is -0.864. The molecule has 2 aromatic carbocycles. The molecule has 1 N–H and O–H groups in total. The summed E-state index contributed by atoms with van der Waals surface area (Å²) in [4.78, 5) is 42.2. The number of nitrogens with zero attached hydrogens (tertiary/aromatic N) is 3. The fourth-order valence-corrected chi connectivity index (χ4v) is 3.13. The average molecular weight is 419 g/mol. The van der Waals surface area contributed by atoms with E-state index >= 15 is 0 Å². The number of hydrogen-bond acceptors (Lipinski definition) is 4. The van der Waals surface area contributed by atoms with Crippen molar-refractivity contribution in [2.75, 3.05) is 18.9 Å². The van der Waals surface area contributed by atoms with Gasteiger partial charge in [0, 0.05) is 7.05 Å². The van der Waals surface area contributed by atoms with E-state index in [9.17, 15) is 14.4 Å². The zero-order valence-corrected chi connectivity index (χ0v) is 16.4. The third-order valence-corrected chi connectivity index (χ3v) is 4.71. The first-order valence-corrected chi connectivity index (χ1v) is 9.05. The Morgan fingerprint density at radius 3 is 2.50 bits per heavy atom. The molecule has 3 aromatic rings. The van der Waals surface area contributed by atoms with Gasteiger partial charge in [-0.3, -0.25) is 19.0 Å². The first-order chi connectivity index (χ1) is 13.4. The normalized spacial score (nSPS) is 10.7. The summed E-state index contributed by atoms with van der Waals surface area (Å²) in [5, 5.41) is 3.19. The minimum atomic E-state index is -0.460. The van der Waals surface area contributed by atoms with E-state index < -0.39 is 17.4 Å². The number of nitrogens with one attached hydrogen (secondary N) is 1. The van der Waals surface area contributed by atoms with Gasteiger partial charge in [0.25, 0.3) is 5.56 Å². The summed E-state index contributed by atoms with van der Waals surface area (Å²) in [6.45, 7) is -0.434. The molecule has 1 aromatic heterocycles. The van der Waals surface area contributed by atoms with Crippen molar-refractivity contribution in [2.24, 2.45) is 0 Å². The van der Waals surface area contributed by atoms with Gasteiger partial charge < -0.3 is 10.2 Å². The number of para-hydroxylation sites is 3. The number of carbonyl (C=O) groups excluding carboxylic acids is 2. The molecule has 0 radical (unpaired) electrons. The molecule has 0 atom stereocenters. The van der Waals surface area contributed by atoms with E-state index in [2.05, 4.69) is 10.3 Å². The van der Waals surface area contributed by atoms with Gasteiger partial charge in [0.15, 0.2) is 0 Å². The van der Waals surface area contributed by atoms with E-state index in [1.165, 1.54) is 22.7 Å². The van der Waals surface area contributed by atoms with Crippen molar-refractivity contribution in [3.05, 3.63) is 69.1 Å². The highest BCUT2D eigenvalue weighted by Gasteiger charge is 2.17. The number of halogens is 2. The summed E-state index contributed by atoms with van der Waals surface area (Å²) in [6.07, 6.45) is 1.17. The van der Waals surface area contributed by atoms with Gasteiger partial charge >= 0.3 is 0 Å². The van der Waals surface area contributed by atoms with Gasteiger partial charge in [-0.05, 0) is 24.3 Å². The number of rotatable bonds is 5. The maximum Gasteiger partial charge on any atom is 0.269 e. The molecule has 0 spiro atoms. The predicted molar refractivity (Wildman–Crippen MR) is 109 cm³/mol. The molecule has 1 heterocycles. The number of benzene rings is 2. The largest absolute Gasteiger partial charge is 0.335 e. The Kier molecular flexibility index (Phi) is 5.96. The highest BCUT2D eigenvalue weighted by Crippen LogP contribution is 2.29. The third-order valence-electron chi connectivity index (χ3n) is 4.08. The van der Waals surface area contributed by atoms with Crippen LogP contribution >= 0.6 is 23.2 Å². The van der Waals surface area contributed by atoms with Crippen LogP contribution in [-0.2, 0) is 16.1 Å². The Hall–Kier alpha value is -2.90. The summed E-state index contributed by atoms with van der Waals surface area (Å²) < 4.78 is 1.32. The van der Waals surface area contributed by atoms with Crippen LogP contribution in [0.3, 0.4) is 0 Å². The fourth-order valence-electron chi connectivity index (χ4n) is 2.63. The molecule has 0 saturated carbocycles. The van der Waals surface area contributed by atoms with E-state index in [0.717, 1.165) is 0 Å². The van der Waals surface area contributed by atoms with Crippen LogP contribution in [0.2, 0.25) is 10.0 Å². The van der Waals surface area contributed by atoms with Gasteiger partial charge in [0.05, 0.1) is 39.5 Å². The van der Waals surface area contributed by atoms with Crippen LogP contribution in [0.15, 0.2) is 53.5 Å². The second kappa shape index (κ2) is 8.41. The molecular formula is C19H16Cl2N4O3. The van der Waals surface area contributed by atoms with Crippen LogP contribution in [0.25, 0.3) is 11.0 Å². The van der Waals surface area contributed by atoms with E-state index in [1.807, 2.05) is 0 Å². The molecule has 2 amide bonds. The van der Waals surface area contributed by atoms with Crippen molar-refractivity contribution in [2.45, 2.75) is 6.54 Å². The minimum Gasteiger partial charge on any atom is -0.335 e. The number of anilines is 1. The quantitative estimate of drug-likeness (QED) is 0.690. The summed E-state index contributed by atoms with van der Waals surface area (Å²) in [7, 11) is 1.48. The summed E-state index contributed by atoms with van der Waals surface area (Å²) in [5.41, 5.74) is 1.04. The first kappa shape index (κ1) is 19.9. The zero-order chi connectivity index (χ0) is 20.3. The van der Waals surface area contributed by atoms with Gasteiger partial charge in [-0.25, -0.2) is 4.98 Å². The highest BCUT2D eigenvalue weighted by molar-refractivity contribution is 6.39. The van der Waals surface area contributed by atoms with E-state index in [1.54, 1.807) is 42.5 Å². The molecule has 0 aliphatic rings. The molecule has 0 saturated heterocycles. The van der Waals surface area contributed by atoms with Gasteiger partial charge in [-0.1, -0.05) is 41.4 Å². The number of likely N-dealkylation sites (N-methyl/N-ethyl adjacent to an activating group) is 1. The van der Waals surface area contributed by atoms with Gasteiger partial charge in [-0.15, -0.1) is 0 Å². The highest BCUT2D eigenvalue weighted by atomic mass is 35.5. The minimum absolute atomic E-state index is 0.210. The van der Waals surface area contributed by atoms with Crippen molar-refractivity contribution < 1.29 is 9.59 Å². The number of fused-ring (bicyclic) bond motifs is 1. The molecule has 0 unspecified atom stereocenters. The van der Waals surface area contributed by atoms with E-state index in [-0.39, 0.29) is 18.8 Å². The second-order valence-electron chi connectivity index (χ2n) is 6.07. The molecule has 7 nitrogen and oxygen atoms in total. The van der Waals surface area contributed by atoms with Crippen molar-refractivity contribution in [3.8, 4) is 0 Å². The maximum absolute atomic E-state index is 12.5. The Balaban J connectivity index is 1.71. The Morgan fingerprint density at radius 1 is 1.11 bits per heavy atom. The smallest absolute Gasteiger partial charge is 0.269 e. The molecule has 3 rings (SSSR count). The third kappa shape index (κ3) is 4.32. The molecule has 0 aliphatic carbocycles. The lowest BCUT2D eigenvalue weighted by Gasteiger charge is -2.18. The summed E-state index contributed by atoms with van der Waals surface area (Å²) in [6, 6.07) is 11.9. The lowest BCUT2D eigenvalue weighted by Crippen LogP contribution is -2.38. The topological polar surface area (TPSA) is 84.3 Å². The SMILES string of the molecule is CN(CC(=O)Nc1c(Cl)cccc1Cl)C(=O)Cn1c(=O)cnc2ccccc21. The molecule has 144 valence electrons. The second-order valence-corrected chi connectivity index (χ2v) is 6.88. The lowest BCUT2D eigenvalue weighted by molar-refractivity contribution is -0.133. The Morgan fingerprint density at radius 2 is 1.79 bits per heavy atom. The number of carbonyl (C=O) groups is 2. The molecular weight excluding hydrogens is 403 g/mol. The van der Waals surface area contributed by atoms with Crippen LogP contribution in [0, 0.1) is 0 Å². The van der Waals surface area contributed by atoms with Crippen LogP contribution in [-0.4, -0.2) is 39.9 Å². The average Bonchev–Trinajstić information content (AvgIpc) is 2.67. The maximum atomic E-state index is 12.5. The zero-order valence-electron chi connectivity index (χ0n) is 14.9. The number of hydrogen-bond donors (Lipinski definition) is 1. The Labute approximate surface area is 170 Å². The van der Waals surface area contributed by atoms with Crippen LogP contribution < -0.4 is 10.9 Å². The molecule has 9 heteroatoms. The van der Waals surface area contributed by atoms with Gasteiger partial charge in [-0.2, -0.15) is 0 Å². The van der Waals surface area contributed by atoms with Crippen LogP contribution in [0.5, 0.6) is 0 Å². The van der Waals surface area contributed by atoms with Crippen LogP contribution in [0.1, 0.15) is 0 Å². The van der Waals surface area contributed by atoms with E-state index in [4.69, 9.17) is 23.2 Å². The van der Waals surface area contributed by atoms with Gasteiger partial charge in [0.1, 0.15) is 6.54 Å². The standard InChI is InChI=1S/C19H16Cl2N4O3/c1-24(10-16(26)23-19-12(20)5-4-6-13(19)21)18(28)11-25-15-8-3-2-7-14(15)22-9-17(25)27/h2-9H,10-11H2,1H3,(H,23,26). The number of aromatic nitrogens is 2. The molecule has 0 bridgehead atoms. The monoisotopic (exact) mass is 418 g/mol. The van der Waals surface area contributed by atoms with Crippen molar-refractivity contribution in [1.29, 1.82) is 0 Å². The van der Waals surface area contributed by atoms with Crippen LogP contribution in [0.4, 0.5) is 5.69 Å².